The largest absolute Gasteiger partial charge is 0.489 e. The van der Waals surface area contributed by atoms with Crippen molar-refractivity contribution >= 4 is 11.6 Å². The van der Waals surface area contributed by atoms with E-state index < -0.39 is 0 Å². The molecule has 0 spiro atoms. The molecule has 0 radical (unpaired) electrons. The Morgan fingerprint density at radius 1 is 1.04 bits per heavy atom. The predicted molar refractivity (Wildman–Crippen MR) is 95.9 cm³/mol. The van der Waals surface area contributed by atoms with Crippen molar-refractivity contribution in [3.63, 3.8) is 0 Å². The fraction of sp³-hybridized carbons (Fsp3) is 0.400. The minimum absolute atomic E-state index is 0.333. The van der Waals surface area contributed by atoms with Crippen LogP contribution >= 0.6 is 11.6 Å². The average molecular weight is 348 g/mol. The Morgan fingerprint density at radius 3 is 2.62 bits per heavy atom. The molecule has 24 heavy (non-hydrogen) atoms. The number of nitrogens with one attached hydrogen (secondary N) is 1. The van der Waals surface area contributed by atoms with Crippen LogP contribution in [0.25, 0.3) is 0 Å². The van der Waals surface area contributed by atoms with Gasteiger partial charge >= 0.3 is 0 Å². The zero-order valence-electron chi connectivity index (χ0n) is 13.7. The number of ether oxygens (including phenoxy) is 1. The van der Waals surface area contributed by atoms with Crippen LogP contribution in [-0.4, -0.2) is 6.04 Å². The van der Waals surface area contributed by atoms with Crippen molar-refractivity contribution in [2.75, 3.05) is 0 Å². The first-order valence-electron chi connectivity index (χ1n) is 8.60. The molecule has 4 heteroatoms. The summed E-state index contributed by atoms with van der Waals surface area (Å²) in [7, 11) is 0. The molecular formula is C20H23ClFNO. The van der Waals surface area contributed by atoms with E-state index in [0.29, 0.717) is 17.7 Å². The Labute approximate surface area is 148 Å². The van der Waals surface area contributed by atoms with Crippen LogP contribution in [0.4, 0.5) is 4.39 Å². The number of benzene rings is 2. The molecule has 0 saturated heterocycles. The molecule has 128 valence electrons. The zero-order valence-corrected chi connectivity index (χ0v) is 14.5. The lowest BCUT2D eigenvalue weighted by molar-refractivity contribution is 0.299. The Bertz CT molecular complexity index is 670. The van der Waals surface area contributed by atoms with E-state index in [1.807, 2.05) is 18.2 Å². The van der Waals surface area contributed by atoms with Gasteiger partial charge in [-0.15, -0.1) is 0 Å². The summed E-state index contributed by atoms with van der Waals surface area (Å²) in [4.78, 5) is 0. The van der Waals surface area contributed by atoms with Crippen molar-refractivity contribution < 1.29 is 9.13 Å². The van der Waals surface area contributed by atoms with Crippen molar-refractivity contribution in [3.8, 4) is 5.75 Å². The van der Waals surface area contributed by atoms with E-state index in [1.54, 1.807) is 6.07 Å². The molecule has 2 aromatic rings. The van der Waals surface area contributed by atoms with E-state index in [2.05, 4.69) is 11.4 Å². The van der Waals surface area contributed by atoms with E-state index in [-0.39, 0.29) is 5.82 Å². The van der Waals surface area contributed by atoms with Crippen LogP contribution in [0.1, 0.15) is 43.2 Å². The van der Waals surface area contributed by atoms with Crippen molar-refractivity contribution in [2.24, 2.45) is 0 Å². The molecule has 0 atom stereocenters. The highest BCUT2D eigenvalue weighted by Gasteiger charge is 2.13. The first kappa shape index (κ1) is 17.2. The molecule has 1 N–H and O–H groups in total. The smallest absolute Gasteiger partial charge is 0.124 e. The maximum absolute atomic E-state index is 13.1. The quantitative estimate of drug-likeness (QED) is 0.747. The van der Waals surface area contributed by atoms with Crippen LogP contribution < -0.4 is 10.1 Å². The van der Waals surface area contributed by atoms with Crippen molar-refractivity contribution in [3.05, 3.63) is 64.4 Å². The summed E-state index contributed by atoms with van der Waals surface area (Å²) in [5, 5.41) is 4.04. The van der Waals surface area contributed by atoms with Gasteiger partial charge < -0.3 is 10.1 Å². The molecule has 2 aromatic carbocycles. The molecule has 0 heterocycles. The summed E-state index contributed by atoms with van der Waals surface area (Å²) in [6.07, 6.45) is 6.51. The van der Waals surface area contributed by atoms with Gasteiger partial charge in [0.25, 0.3) is 0 Å². The van der Waals surface area contributed by atoms with Gasteiger partial charge in [-0.2, -0.15) is 0 Å². The Morgan fingerprint density at radius 2 is 1.83 bits per heavy atom. The Hall–Kier alpha value is -1.58. The topological polar surface area (TPSA) is 21.3 Å². The summed E-state index contributed by atoms with van der Waals surface area (Å²) in [5.41, 5.74) is 1.93. The molecule has 0 bridgehead atoms. The van der Waals surface area contributed by atoms with Gasteiger partial charge in [0.2, 0.25) is 0 Å². The van der Waals surface area contributed by atoms with E-state index in [9.17, 15) is 4.39 Å². The lowest BCUT2D eigenvalue weighted by Crippen LogP contribution is -2.30. The maximum Gasteiger partial charge on any atom is 0.124 e. The van der Waals surface area contributed by atoms with Crippen LogP contribution in [0.15, 0.2) is 42.5 Å². The number of halogens is 2. The molecule has 1 fully saturated rings. The SMILES string of the molecule is Fc1ccc(COc2ccccc2CNC2CCCCC2)c(Cl)c1. The van der Waals surface area contributed by atoms with E-state index in [1.165, 1.54) is 44.2 Å². The Balaban J connectivity index is 1.61. The minimum atomic E-state index is -0.333. The zero-order chi connectivity index (χ0) is 16.8. The van der Waals surface area contributed by atoms with Crippen LogP contribution in [0.5, 0.6) is 5.75 Å². The van der Waals surface area contributed by atoms with E-state index >= 15 is 0 Å². The molecule has 0 aliphatic heterocycles. The van der Waals surface area contributed by atoms with Gasteiger partial charge in [0.15, 0.2) is 0 Å². The summed E-state index contributed by atoms with van der Waals surface area (Å²) in [5.74, 6) is 0.516. The predicted octanol–water partition coefficient (Wildman–Crippen LogP) is 5.48. The minimum Gasteiger partial charge on any atom is -0.489 e. The molecule has 0 unspecified atom stereocenters. The van der Waals surface area contributed by atoms with Crippen LogP contribution in [0, 0.1) is 5.82 Å². The van der Waals surface area contributed by atoms with E-state index in [0.717, 1.165) is 23.4 Å². The molecule has 0 aromatic heterocycles. The summed E-state index contributed by atoms with van der Waals surface area (Å²) < 4.78 is 19.1. The van der Waals surface area contributed by atoms with Crippen molar-refractivity contribution in [1.82, 2.24) is 5.32 Å². The first-order valence-corrected chi connectivity index (χ1v) is 8.98. The van der Waals surface area contributed by atoms with Crippen LogP contribution in [0.2, 0.25) is 5.02 Å². The average Bonchev–Trinajstić information content (AvgIpc) is 2.61. The van der Waals surface area contributed by atoms with Gasteiger partial charge in [0, 0.05) is 23.7 Å². The summed E-state index contributed by atoms with van der Waals surface area (Å²) in [6, 6.07) is 13.0. The molecule has 2 nitrogen and oxygen atoms in total. The lowest BCUT2D eigenvalue weighted by atomic mass is 9.95. The third-order valence-corrected chi connectivity index (χ3v) is 4.91. The van der Waals surface area contributed by atoms with Gasteiger partial charge in [-0.1, -0.05) is 55.1 Å². The molecule has 0 amide bonds. The Kier molecular flexibility index (Phi) is 6.11. The molecule has 1 aliphatic carbocycles. The first-order chi connectivity index (χ1) is 11.7. The van der Waals surface area contributed by atoms with Crippen molar-refractivity contribution in [2.45, 2.75) is 51.3 Å². The van der Waals surface area contributed by atoms with E-state index in [4.69, 9.17) is 16.3 Å². The highest BCUT2D eigenvalue weighted by molar-refractivity contribution is 6.31. The monoisotopic (exact) mass is 347 g/mol. The highest BCUT2D eigenvalue weighted by atomic mass is 35.5. The second-order valence-corrected chi connectivity index (χ2v) is 6.76. The van der Waals surface area contributed by atoms with Crippen LogP contribution in [0.3, 0.4) is 0 Å². The van der Waals surface area contributed by atoms with Crippen LogP contribution in [-0.2, 0) is 13.2 Å². The lowest BCUT2D eigenvalue weighted by Gasteiger charge is -2.23. The normalized spacial score (nSPS) is 15.4. The van der Waals surface area contributed by atoms with Gasteiger partial charge in [-0.3, -0.25) is 0 Å². The fourth-order valence-electron chi connectivity index (χ4n) is 3.15. The van der Waals surface area contributed by atoms with Gasteiger partial charge in [-0.05, 0) is 31.0 Å². The molecule has 3 rings (SSSR count). The summed E-state index contributed by atoms with van der Waals surface area (Å²) >= 11 is 6.07. The van der Waals surface area contributed by atoms with Gasteiger partial charge in [0.1, 0.15) is 18.2 Å². The standard InChI is InChI=1S/C20H23ClFNO/c21-19-12-17(22)11-10-16(19)14-24-20-9-5-4-6-15(20)13-23-18-7-2-1-3-8-18/h4-6,9-12,18,23H,1-3,7-8,13-14H2. The molecule has 1 aliphatic rings. The number of rotatable bonds is 6. The maximum atomic E-state index is 13.1. The molecular weight excluding hydrogens is 325 g/mol. The van der Waals surface area contributed by atoms with Crippen molar-refractivity contribution in [1.29, 1.82) is 0 Å². The third-order valence-electron chi connectivity index (χ3n) is 4.56. The molecule has 1 saturated carbocycles. The van der Waals surface area contributed by atoms with Gasteiger partial charge in [-0.25, -0.2) is 4.39 Å². The summed E-state index contributed by atoms with van der Waals surface area (Å²) in [6.45, 7) is 1.14. The number of hydrogen-bond donors (Lipinski definition) is 1. The number of hydrogen-bond acceptors (Lipinski definition) is 2. The highest BCUT2D eigenvalue weighted by Crippen LogP contribution is 2.24. The van der Waals surface area contributed by atoms with Gasteiger partial charge in [0.05, 0.1) is 5.02 Å². The third kappa shape index (κ3) is 4.71. The second-order valence-electron chi connectivity index (χ2n) is 6.35. The fourth-order valence-corrected chi connectivity index (χ4v) is 3.37. The number of para-hydroxylation sites is 1. The second kappa shape index (κ2) is 8.50.